The van der Waals surface area contributed by atoms with Gasteiger partial charge in [0.15, 0.2) is 0 Å². The van der Waals surface area contributed by atoms with Gasteiger partial charge in [-0.25, -0.2) is 4.98 Å². The van der Waals surface area contributed by atoms with Gasteiger partial charge < -0.3 is 14.4 Å². The summed E-state index contributed by atoms with van der Waals surface area (Å²) in [5.41, 5.74) is 0.818. The van der Waals surface area contributed by atoms with Crippen LogP contribution in [0, 0.1) is 12.3 Å². The van der Waals surface area contributed by atoms with Gasteiger partial charge in [-0.3, -0.25) is 14.4 Å². The fourth-order valence-electron chi connectivity index (χ4n) is 4.25. The number of piperidine rings is 1. The van der Waals surface area contributed by atoms with Crippen LogP contribution in [0.25, 0.3) is 0 Å². The van der Waals surface area contributed by atoms with Crippen LogP contribution in [0.3, 0.4) is 0 Å². The molecule has 0 aromatic carbocycles. The Morgan fingerprint density at radius 3 is 2.71 bits per heavy atom. The highest BCUT2D eigenvalue weighted by Crippen LogP contribution is 2.41. The molecule has 1 spiro atoms. The van der Waals surface area contributed by atoms with Gasteiger partial charge in [0.25, 0.3) is 11.5 Å². The largest absolute Gasteiger partial charge is 0.338 e. The number of carbonyl (C=O) groups is 2. The summed E-state index contributed by atoms with van der Waals surface area (Å²) in [7, 11) is 1.65. The second-order valence-electron chi connectivity index (χ2n) is 7.91. The molecule has 2 aliphatic heterocycles. The molecule has 2 aromatic heterocycles. The highest BCUT2D eigenvalue weighted by atomic mass is 32.1. The van der Waals surface area contributed by atoms with Gasteiger partial charge in [0.1, 0.15) is 5.56 Å². The van der Waals surface area contributed by atoms with E-state index in [0.29, 0.717) is 26.1 Å². The molecule has 0 N–H and O–H groups in total. The number of pyridine rings is 1. The predicted octanol–water partition coefficient (Wildman–Crippen LogP) is 1.81. The molecule has 0 aliphatic carbocycles. The lowest BCUT2D eigenvalue weighted by atomic mass is 9.77. The monoisotopic (exact) mass is 400 g/mol. The number of amides is 2. The molecule has 2 fully saturated rings. The molecule has 7 nitrogen and oxygen atoms in total. The molecule has 28 heavy (non-hydrogen) atoms. The molecule has 148 valence electrons. The van der Waals surface area contributed by atoms with Gasteiger partial charge in [-0.1, -0.05) is 0 Å². The van der Waals surface area contributed by atoms with Gasteiger partial charge in [-0.05, 0) is 31.9 Å². The molecule has 0 unspecified atom stereocenters. The van der Waals surface area contributed by atoms with Crippen LogP contribution in [0.1, 0.15) is 40.3 Å². The minimum Gasteiger partial charge on any atom is -0.338 e. The fraction of sp³-hybridized carbons (Fsp3) is 0.500. The molecule has 2 aromatic rings. The fourth-order valence-corrected chi connectivity index (χ4v) is 4.86. The molecular weight excluding hydrogens is 376 g/mol. The van der Waals surface area contributed by atoms with Crippen molar-refractivity contribution in [2.75, 3.05) is 19.6 Å². The molecule has 4 rings (SSSR count). The highest BCUT2D eigenvalue weighted by Gasteiger charge is 2.45. The average molecular weight is 401 g/mol. The van der Waals surface area contributed by atoms with E-state index in [1.54, 1.807) is 41.6 Å². The maximum atomic E-state index is 12.8. The lowest BCUT2D eigenvalue weighted by Gasteiger charge is -2.38. The van der Waals surface area contributed by atoms with Crippen LogP contribution in [0.4, 0.5) is 0 Å². The number of carbonyl (C=O) groups excluding carboxylic acids is 2. The number of likely N-dealkylation sites (tertiary alicyclic amines) is 2. The Bertz CT molecular complexity index is 972. The third-order valence-electron chi connectivity index (χ3n) is 5.89. The number of aromatic nitrogens is 2. The second-order valence-corrected chi connectivity index (χ2v) is 8.98. The van der Waals surface area contributed by atoms with E-state index in [2.05, 4.69) is 4.98 Å². The summed E-state index contributed by atoms with van der Waals surface area (Å²) >= 11 is 1.60. The average Bonchev–Trinajstić information content (AvgIpc) is 3.21. The lowest BCUT2D eigenvalue weighted by molar-refractivity contribution is -0.128. The maximum Gasteiger partial charge on any atom is 0.263 e. The van der Waals surface area contributed by atoms with Crippen LogP contribution in [-0.2, 0) is 18.4 Å². The zero-order valence-electron chi connectivity index (χ0n) is 16.2. The van der Waals surface area contributed by atoms with Gasteiger partial charge in [0.2, 0.25) is 5.91 Å². The summed E-state index contributed by atoms with van der Waals surface area (Å²) in [6.07, 6.45) is 3.74. The number of nitrogens with zero attached hydrogens (tertiary/aromatic N) is 4. The zero-order chi connectivity index (χ0) is 19.9. The van der Waals surface area contributed by atoms with Gasteiger partial charge >= 0.3 is 0 Å². The summed E-state index contributed by atoms with van der Waals surface area (Å²) in [4.78, 5) is 45.7. The number of thiazole rings is 1. The molecule has 0 atom stereocenters. The summed E-state index contributed by atoms with van der Waals surface area (Å²) in [5, 5.41) is 3.02. The van der Waals surface area contributed by atoms with Crippen LogP contribution in [0.15, 0.2) is 28.5 Å². The molecule has 4 heterocycles. The molecule has 0 bridgehead atoms. The van der Waals surface area contributed by atoms with E-state index < -0.39 is 0 Å². The molecule has 2 aliphatic rings. The quantitative estimate of drug-likeness (QED) is 0.787. The van der Waals surface area contributed by atoms with E-state index >= 15 is 0 Å². The van der Waals surface area contributed by atoms with Crippen molar-refractivity contribution in [3.05, 3.63) is 50.3 Å². The van der Waals surface area contributed by atoms with Crippen molar-refractivity contribution in [2.45, 2.75) is 32.7 Å². The van der Waals surface area contributed by atoms with Crippen molar-refractivity contribution in [2.24, 2.45) is 12.5 Å². The summed E-state index contributed by atoms with van der Waals surface area (Å²) < 4.78 is 1.42. The van der Waals surface area contributed by atoms with E-state index in [1.807, 2.05) is 17.2 Å². The van der Waals surface area contributed by atoms with Crippen LogP contribution in [-0.4, -0.2) is 50.8 Å². The smallest absolute Gasteiger partial charge is 0.263 e. The Labute approximate surface area is 167 Å². The minimum absolute atomic E-state index is 0.0689. The van der Waals surface area contributed by atoms with Crippen molar-refractivity contribution in [1.29, 1.82) is 0 Å². The van der Waals surface area contributed by atoms with E-state index in [4.69, 9.17) is 0 Å². The first-order valence-corrected chi connectivity index (χ1v) is 10.4. The number of aryl methyl sites for hydroxylation is 2. The maximum absolute atomic E-state index is 12.8. The first kappa shape index (κ1) is 18.9. The van der Waals surface area contributed by atoms with E-state index in [0.717, 1.165) is 30.1 Å². The normalized spacial score (nSPS) is 18.9. The van der Waals surface area contributed by atoms with Gasteiger partial charge in [-0.15, -0.1) is 11.3 Å². The highest BCUT2D eigenvalue weighted by molar-refractivity contribution is 7.09. The standard InChI is InChI=1S/C20H24N4O3S/c1-14-21-15(12-28-14)11-24-13-20(10-17(24)25)5-8-23(9-6-20)19(27)16-4-3-7-22(2)18(16)26/h3-4,7,12H,5-6,8-11,13H2,1-2H3. The van der Waals surface area contributed by atoms with E-state index in [1.165, 1.54) is 4.57 Å². The number of hydrogen-bond donors (Lipinski definition) is 0. The van der Waals surface area contributed by atoms with E-state index in [9.17, 15) is 14.4 Å². The minimum atomic E-state index is -0.270. The van der Waals surface area contributed by atoms with Crippen molar-refractivity contribution < 1.29 is 9.59 Å². The van der Waals surface area contributed by atoms with Crippen molar-refractivity contribution in [3.8, 4) is 0 Å². The Balaban J connectivity index is 1.41. The molecule has 2 saturated heterocycles. The Kier molecular flexibility index (Phi) is 4.82. The SMILES string of the molecule is Cc1nc(CN2CC3(CCN(C(=O)c4cccn(C)c4=O)CC3)CC2=O)cs1. The van der Waals surface area contributed by atoms with E-state index in [-0.39, 0.29) is 28.4 Å². The third-order valence-corrected chi connectivity index (χ3v) is 6.71. The molecule has 2 amide bonds. The predicted molar refractivity (Wildman–Crippen MR) is 106 cm³/mol. The summed E-state index contributed by atoms with van der Waals surface area (Å²) in [5.74, 6) is -0.0439. The third kappa shape index (κ3) is 3.48. The molecule has 8 heteroatoms. The van der Waals surface area contributed by atoms with Crippen LogP contribution < -0.4 is 5.56 Å². The molecule has 0 saturated carbocycles. The van der Waals surface area contributed by atoms with Gasteiger partial charge in [0, 0.05) is 50.1 Å². The Morgan fingerprint density at radius 2 is 2.04 bits per heavy atom. The summed E-state index contributed by atoms with van der Waals surface area (Å²) in [6, 6.07) is 3.31. The first-order valence-electron chi connectivity index (χ1n) is 9.51. The summed E-state index contributed by atoms with van der Waals surface area (Å²) in [6.45, 7) is 4.40. The molecular formula is C20H24N4O3S. The van der Waals surface area contributed by atoms with Crippen molar-refractivity contribution in [3.63, 3.8) is 0 Å². The second kappa shape index (κ2) is 7.16. The first-order chi connectivity index (χ1) is 13.4. The lowest BCUT2D eigenvalue weighted by Crippen LogP contribution is -2.45. The number of hydrogen-bond acceptors (Lipinski definition) is 5. The van der Waals surface area contributed by atoms with Crippen molar-refractivity contribution >= 4 is 23.2 Å². The molecule has 0 radical (unpaired) electrons. The van der Waals surface area contributed by atoms with Crippen molar-refractivity contribution in [1.82, 2.24) is 19.4 Å². The van der Waals surface area contributed by atoms with Gasteiger partial charge in [-0.2, -0.15) is 0 Å². The van der Waals surface area contributed by atoms with Crippen LogP contribution in [0.5, 0.6) is 0 Å². The van der Waals surface area contributed by atoms with Crippen LogP contribution >= 0.6 is 11.3 Å². The zero-order valence-corrected chi connectivity index (χ0v) is 17.0. The number of rotatable bonds is 3. The Morgan fingerprint density at radius 1 is 1.29 bits per heavy atom. The van der Waals surface area contributed by atoms with Gasteiger partial charge in [0.05, 0.1) is 17.2 Å². The topological polar surface area (TPSA) is 75.5 Å². The van der Waals surface area contributed by atoms with Crippen LogP contribution in [0.2, 0.25) is 0 Å². The Hall–Kier alpha value is -2.48.